The minimum atomic E-state index is 0.616. The summed E-state index contributed by atoms with van der Waals surface area (Å²) in [5.74, 6) is 1.87. The molecule has 61 heavy (non-hydrogen) atoms. The molecule has 0 saturated carbocycles. The molecule has 0 atom stereocenters. The molecule has 2 aromatic heterocycles. The largest absolute Gasteiger partial charge is 0.309 e. The maximum absolute atomic E-state index is 5.33. The van der Waals surface area contributed by atoms with Gasteiger partial charge in [0.1, 0.15) is 0 Å². The second-order valence-electron chi connectivity index (χ2n) is 15.6. The minimum Gasteiger partial charge on any atom is -0.309 e. The van der Waals surface area contributed by atoms with Crippen LogP contribution in [-0.2, 0) is 0 Å². The summed E-state index contributed by atoms with van der Waals surface area (Å²) in [6.07, 6.45) is 0. The fourth-order valence-corrected chi connectivity index (χ4v) is 9.22. The van der Waals surface area contributed by atoms with E-state index in [9.17, 15) is 0 Å². The summed E-state index contributed by atoms with van der Waals surface area (Å²) in [5, 5.41) is 9.41. The summed E-state index contributed by atoms with van der Waals surface area (Å²) in [6, 6.07) is 77.6. The Kier molecular flexibility index (Phi) is 8.13. The molecule has 12 rings (SSSR count). The van der Waals surface area contributed by atoms with Crippen molar-refractivity contribution in [3.05, 3.63) is 218 Å². The number of rotatable bonds is 6. The quantitative estimate of drug-likeness (QED) is 0.169. The molecular formula is C57H36N4. The molecule has 4 heteroatoms. The predicted molar refractivity (Wildman–Crippen MR) is 254 cm³/mol. The molecule has 284 valence electrons. The fraction of sp³-hybridized carbons (Fsp3) is 0. The van der Waals surface area contributed by atoms with Crippen LogP contribution in [0.25, 0.3) is 116 Å². The summed E-state index contributed by atoms with van der Waals surface area (Å²) < 4.78 is 2.34. The molecule has 10 aromatic carbocycles. The van der Waals surface area contributed by atoms with E-state index < -0.39 is 0 Å². The SMILES string of the molecule is c1ccc(-c2cccc3cccc(-c4ccc(-c5nc(-c6cccc(-n7c8ccccc8c8ccccc87)c6)nc(-c6ccc7ccccc7c6)n5)c5ccccc45)c23)cc1. The van der Waals surface area contributed by atoms with Crippen LogP contribution in [-0.4, -0.2) is 19.5 Å². The Labute approximate surface area is 352 Å². The fourth-order valence-electron chi connectivity index (χ4n) is 9.22. The average molecular weight is 777 g/mol. The van der Waals surface area contributed by atoms with Gasteiger partial charge in [-0.05, 0) is 91.0 Å². The van der Waals surface area contributed by atoms with Crippen LogP contribution in [0, 0.1) is 0 Å². The number of hydrogen-bond acceptors (Lipinski definition) is 3. The summed E-state index contributed by atoms with van der Waals surface area (Å²) in [6.45, 7) is 0. The van der Waals surface area contributed by atoms with E-state index in [-0.39, 0.29) is 0 Å². The third kappa shape index (κ3) is 5.88. The highest BCUT2D eigenvalue weighted by molar-refractivity contribution is 6.13. The highest BCUT2D eigenvalue weighted by atomic mass is 15.0. The Morgan fingerprint density at radius 2 is 0.803 bits per heavy atom. The van der Waals surface area contributed by atoms with E-state index in [1.807, 2.05) is 0 Å². The average Bonchev–Trinajstić information content (AvgIpc) is 3.68. The number of para-hydroxylation sites is 2. The number of benzene rings is 10. The Hall–Kier alpha value is -8.21. The normalized spacial score (nSPS) is 11.6. The standard InChI is InChI=1S/C57H36N4/c1-2-16-38(17-3-1)44-27-13-19-39-20-14-28-50(54(39)44)47-33-34-51(46-24-7-6-23-45(46)47)57-59-55(58-56(60-57)42-32-31-37-15-4-5-18-40(37)35-42)41-21-12-22-43(36-41)61-52-29-10-8-25-48(52)49-26-9-11-30-53(49)61/h1-36H. The lowest BCUT2D eigenvalue weighted by molar-refractivity contribution is 1.07. The maximum atomic E-state index is 5.33. The Bertz CT molecular complexity index is 3600. The van der Waals surface area contributed by atoms with Gasteiger partial charge in [-0.1, -0.05) is 182 Å². The van der Waals surface area contributed by atoms with Crippen molar-refractivity contribution in [2.24, 2.45) is 0 Å². The van der Waals surface area contributed by atoms with Crippen molar-refractivity contribution in [2.75, 3.05) is 0 Å². The molecule has 0 saturated heterocycles. The van der Waals surface area contributed by atoms with Crippen molar-refractivity contribution >= 4 is 54.1 Å². The Morgan fingerprint density at radius 1 is 0.279 bits per heavy atom. The van der Waals surface area contributed by atoms with Crippen LogP contribution in [0.3, 0.4) is 0 Å². The molecule has 0 aliphatic rings. The lowest BCUT2D eigenvalue weighted by Crippen LogP contribution is -2.02. The van der Waals surface area contributed by atoms with Gasteiger partial charge in [0.2, 0.25) is 0 Å². The van der Waals surface area contributed by atoms with Gasteiger partial charge >= 0.3 is 0 Å². The monoisotopic (exact) mass is 776 g/mol. The molecule has 2 heterocycles. The van der Waals surface area contributed by atoms with Crippen LogP contribution in [0.4, 0.5) is 0 Å². The molecule has 0 bridgehead atoms. The smallest absolute Gasteiger partial charge is 0.164 e. The zero-order chi connectivity index (χ0) is 40.3. The van der Waals surface area contributed by atoms with Gasteiger partial charge in [0.25, 0.3) is 0 Å². The first-order valence-electron chi connectivity index (χ1n) is 20.7. The molecule has 4 nitrogen and oxygen atoms in total. The summed E-state index contributed by atoms with van der Waals surface area (Å²) in [4.78, 5) is 15.9. The van der Waals surface area contributed by atoms with Gasteiger partial charge in [-0.25, -0.2) is 15.0 Å². The first-order valence-corrected chi connectivity index (χ1v) is 20.7. The molecule has 0 N–H and O–H groups in total. The molecule has 0 fully saturated rings. The van der Waals surface area contributed by atoms with Gasteiger partial charge in [-0.3, -0.25) is 0 Å². The summed E-state index contributed by atoms with van der Waals surface area (Å²) in [5.41, 5.74) is 10.9. The maximum Gasteiger partial charge on any atom is 0.164 e. The predicted octanol–water partition coefficient (Wildman–Crippen LogP) is 14.8. The molecule has 0 unspecified atom stereocenters. The van der Waals surface area contributed by atoms with Crippen LogP contribution in [0.2, 0.25) is 0 Å². The van der Waals surface area contributed by atoms with Crippen molar-refractivity contribution in [2.45, 2.75) is 0 Å². The molecule has 12 aromatic rings. The molecular weight excluding hydrogens is 741 g/mol. The van der Waals surface area contributed by atoms with E-state index in [4.69, 9.17) is 15.0 Å². The second kappa shape index (κ2) is 14.3. The zero-order valence-corrected chi connectivity index (χ0v) is 33.1. The Balaban J connectivity index is 1.07. The van der Waals surface area contributed by atoms with Gasteiger partial charge in [0, 0.05) is 33.2 Å². The third-order valence-electron chi connectivity index (χ3n) is 12.0. The van der Waals surface area contributed by atoms with Crippen LogP contribution in [0.15, 0.2) is 218 Å². The van der Waals surface area contributed by atoms with Crippen LogP contribution in [0.1, 0.15) is 0 Å². The highest BCUT2D eigenvalue weighted by Crippen LogP contribution is 2.42. The molecule has 0 aliphatic carbocycles. The number of hydrogen-bond donors (Lipinski definition) is 0. The van der Waals surface area contributed by atoms with E-state index in [1.54, 1.807) is 0 Å². The number of aromatic nitrogens is 4. The van der Waals surface area contributed by atoms with Crippen molar-refractivity contribution in [3.63, 3.8) is 0 Å². The molecule has 0 spiro atoms. The minimum absolute atomic E-state index is 0.616. The lowest BCUT2D eigenvalue weighted by atomic mass is 9.88. The van der Waals surface area contributed by atoms with Gasteiger partial charge in [-0.2, -0.15) is 0 Å². The van der Waals surface area contributed by atoms with Crippen LogP contribution < -0.4 is 0 Å². The van der Waals surface area contributed by atoms with Gasteiger partial charge in [0.15, 0.2) is 17.5 Å². The van der Waals surface area contributed by atoms with Crippen LogP contribution in [0.5, 0.6) is 0 Å². The van der Waals surface area contributed by atoms with E-state index >= 15 is 0 Å². The molecule has 0 amide bonds. The number of fused-ring (bicyclic) bond motifs is 6. The van der Waals surface area contributed by atoms with E-state index in [1.165, 1.54) is 43.6 Å². The topological polar surface area (TPSA) is 43.6 Å². The highest BCUT2D eigenvalue weighted by Gasteiger charge is 2.19. The lowest BCUT2D eigenvalue weighted by Gasteiger charge is -2.16. The summed E-state index contributed by atoms with van der Waals surface area (Å²) >= 11 is 0. The Morgan fingerprint density at radius 3 is 1.54 bits per heavy atom. The van der Waals surface area contributed by atoms with Gasteiger partial charge < -0.3 is 4.57 Å². The summed E-state index contributed by atoms with van der Waals surface area (Å²) in [7, 11) is 0. The third-order valence-corrected chi connectivity index (χ3v) is 12.0. The van der Waals surface area contributed by atoms with E-state index in [2.05, 4.69) is 223 Å². The molecule has 0 aliphatic heterocycles. The molecule has 0 radical (unpaired) electrons. The zero-order valence-electron chi connectivity index (χ0n) is 33.1. The second-order valence-corrected chi connectivity index (χ2v) is 15.6. The van der Waals surface area contributed by atoms with Crippen molar-refractivity contribution < 1.29 is 0 Å². The van der Waals surface area contributed by atoms with Crippen LogP contribution >= 0.6 is 0 Å². The van der Waals surface area contributed by atoms with Gasteiger partial charge in [-0.15, -0.1) is 0 Å². The number of nitrogens with zero attached hydrogens (tertiary/aromatic N) is 4. The van der Waals surface area contributed by atoms with E-state index in [0.717, 1.165) is 55.1 Å². The van der Waals surface area contributed by atoms with Crippen molar-refractivity contribution in [1.82, 2.24) is 19.5 Å². The van der Waals surface area contributed by atoms with Gasteiger partial charge in [0.05, 0.1) is 11.0 Å². The van der Waals surface area contributed by atoms with Crippen molar-refractivity contribution in [3.8, 4) is 62.1 Å². The first kappa shape index (κ1) is 34.8. The first-order chi connectivity index (χ1) is 30.2. The van der Waals surface area contributed by atoms with Crippen molar-refractivity contribution in [1.29, 1.82) is 0 Å². The van der Waals surface area contributed by atoms with E-state index in [0.29, 0.717) is 17.5 Å².